The normalized spacial score (nSPS) is 20.0. The summed E-state index contributed by atoms with van der Waals surface area (Å²) in [6, 6.07) is 0. The van der Waals surface area contributed by atoms with Crippen LogP contribution >= 0.6 is 0 Å². The van der Waals surface area contributed by atoms with E-state index in [4.69, 9.17) is 4.74 Å². The molecule has 0 atom stereocenters. The van der Waals surface area contributed by atoms with Gasteiger partial charge in [0.05, 0.1) is 0 Å². The number of rotatable bonds is 0. The summed E-state index contributed by atoms with van der Waals surface area (Å²) in [4.78, 5) is 0. The maximum absolute atomic E-state index is 4.94. The summed E-state index contributed by atoms with van der Waals surface area (Å²) in [6.07, 6.45) is 2.56. The van der Waals surface area contributed by atoms with Crippen molar-refractivity contribution >= 4 is 23.9 Å². The second-order valence-corrected chi connectivity index (χ2v) is 1.32. The van der Waals surface area contributed by atoms with Crippen LogP contribution in [0.5, 0.6) is 0 Å². The van der Waals surface area contributed by atoms with E-state index >= 15 is 0 Å². The zero-order valence-corrected chi connectivity index (χ0v) is 3.24. The van der Waals surface area contributed by atoms with Gasteiger partial charge in [0.25, 0.3) is 0 Å². The summed E-state index contributed by atoms with van der Waals surface area (Å²) in [5.74, 6) is 0. The van der Waals surface area contributed by atoms with Crippen molar-refractivity contribution in [2.75, 3.05) is 13.2 Å². The predicted molar refractivity (Wildman–Crippen MR) is 31.4 cm³/mol. The molecule has 1 heterocycles. The topological polar surface area (TPSA) is 9.23 Å². The molecular weight excluding hydrogens is 183 g/mol. The zero-order valence-electron chi connectivity index (χ0n) is 3.24. The van der Waals surface area contributed by atoms with Gasteiger partial charge in [-0.05, 0) is 12.8 Å². The van der Waals surface area contributed by atoms with Gasteiger partial charge in [-0.2, -0.15) is 0 Å². The molecule has 0 radical (unpaired) electrons. The SMILES string of the molecule is C1CCOC1.[SnH4]. The molecule has 0 amide bonds. The van der Waals surface area contributed by atoms with Crippen molar-refractivity contribution in [2.45, 2.75) is 12.8 Å². The first-order chi connectivity index (χ1) is 2.50. The Morgan fingerprint density at radius 3 is 1.67 bits per heavy atom. The van der Waals surface area contributed by atoms with Crippen LogP contribution in [0.1, 0.15) is 12.8 Å². The van der Waals surface area contributed by atoms with E-state index in [1.165, 1.54) is 12.8 Å². The van der Waals surface area contributed by atoms with Crippen LogP contribution in [0, 0.1) is 0 Å². The van der Waals surface area contributed by atoms with E-state index < -0.39 is 0 Å². The average molecular weight is 195 g/mol. The van der Waals surface area contributed by atoms with Gasteiger partial charge in [0, 0.05) is 13.2 Å². The Morgan fingerprint density at radius 2 is 1.50 bits per heavy atom. The zero-order chi connectivity index (χ0) is 3.54. The van der Waals surface area contributed by atoms with Crippen molar-refractivity contribution in [1.29, 1.82) is 0 Å². The van der Waals surface area contributed by atoms with Crippen LogP contribution in [0.4, 0.5) is 0 Å². The molecule has 0 aromatic heterocycles. The van der Waals surface area contributed by atoms with Crippen LogP contribution in [0.25, 0.3) is 0 Å². The predicted octanol–water partition coefficient (Wildman–Crippen LogP) is -0.655. The van der Waals surface area contributed by atoms with Crippen LogP contribution < -0.4 is 0 Å². The summed E-state index contributed by atoms with van der Waals surface area (Å²) >= 11 is 0. The fourth-order valence-electron chi connectivity index (χ4n) is 0.510. The third kappa shape index (κ3) is 2.03. The first-order valence-electron chi connectivity index (χ1n) is 2.08. The first kappa shape index (κ1) is 6.76. The molecule has 2 heteroatoms. The van der Waals surface area contributed by atoms with Gasteiger partial charge in [0.15, 0.2) is 0 Å². The van der Waals surface area contributed by atoms with Gasteiger partial charge < -0.3 is 4.74 Å². The van der Waals surface area contributed by atoms with E-state index in [9.17, 15) is 0 Å². The van der Waals surface area contributed by atoms with Crippen LogP contribution in [-0.2, 0) is 4.74 Å². The van der Waals surface area contributed by atoms with Crippen molar-refractivity contribution in [1.82, 2.24) is 0 Å². The molecule has 38 valence electrons. The molecule has 0 spiro atoms. The Balaban J connectivity index is 0.000000250. The molecular formula is C4H12OSn. The fraction of sp³-hybridized carbons (Fsp3) is 1.00. The number of hydrogen-bond acceptors (Lipinski definition) is 1. The molecule has 1 fully saturated rings. The van der Waals surface area contributed by atoms with Gasteiger partial charge in [-0.25, -0.2) is 0 Å². The molecule has 1 rings (SSSR count). The molecule has 6 heavy (non-hydrogen) atoms. The number of ether oxygens (including phenoxy) is 1. The van der Waals surface area contributed by atoms with Crippen molar-refractivity contribution in [3.63, 3.8) is 0 Å². The molecule has 1 saturated heterocycles. The van der Waals surface area contributed by atoms with E-state index in [0.717, 1.165) is 13.2 Å². The van der Waals surface area contributed by atoms with Crippen molar-refractivity contribution in [2.24, 2.45) is 0 Å². The fourth-order valence-corrected chi connectivity index (χ4v) is 0.510. The molecule has 0 aromatic rings. The Kier molecular flexibility index (Phi) is 4.43. The quantitative estimate of drug-likeness (QED) is 0.466. The van der Waals surface area contributed by atoms with Crippen molar-refractivity contribution < 1.29 is 4.74 Å². The molecule has 1 nitrogen and oxygen atoms in total. The van der Waals surface area contributed by atoms with E-state index in [1.807, 2.05) is 0 Å². The van der Waals surface area contributed by atoms with Crippen molar-refractivity contribution in [3.8, 4) is 0 Å². The summed E-state index contributed by atoms with van der Waals surface area (Å²) in [5, 5.41) is 0. The molecule has 0 N–H and O–H groups in total. The summed E-state index contributed by atoms with van der Waals surface area (Å²) < 4.78 is 4.94. The van der Waals surface area contributed by atoms with Crippen LogP contribution in [0.3, 0.4) is 0 Å². The summed E-state index contributed by atoms with van der Waals surface area (Å²) in [5.41, 5.74) is 0. The Morgan fingerprint density at radius 1 is 1.00 bits per heavy atom. The van der Waals surface area contributed by atoms with E-state index in [1.54, 1.807) is 0 Å². The monoisotopic (exact) mass is 196 g/mol. The second-order valence-electron chi connectivity index (χ2n) is 1.32. The third-order valence-corrected chi connectivity index (χ3v) is 0.827. The molecule has 1 aliphatic heterocycles. The van der Waals surface area contributed by atoms with Gasteiger partial charge in [-0.1, -0.05) is 0 Å². The van der Waals surface area contributed by atoms with Gasteiger partial charge >= 0.3 is 23.9 Å². The Hall–Kier alpha value is 0.759. The third-order valence-electron chi connectivity index (χ3n) is 0.827. The molecule has 0 unspecified atom stereocenters. The van der Waals surface area contributed by atoms with Gasteiger partial charge in [0.1, 0.15) is 0 Å². The maximum atomic E-state index is 4.94. The molecule has 0 aromatic carbocycles. The summed E-state index contributed by atoms with van der Waals surface area (Å²) in [7, 11) is 0. The van der Waals surface area contributed by atoms with E-state index in [2.05, 4.69) is 0 Å². The Labute approximate surface area is 55.0 Å². The molecule has 0 aliphatic carbocycles. The van der Waals surface area contributed by atoms with E-state index in [-0.39, 0.29) is 23.9 Å². The first-order valence-corrected chi connectivity index (χ1v) is 2.08. The minimum absolute atomic E-state index is 0. The standard InChI is InChI=1S/C4H8O.Sn.4H/c1-2-4-5-3-1;;;;;/h1-4H2;;;;;. The second kappa shape index (κ2) is 3.93. The average Bonchev–Trinajstić information content (AvgIpc) is 1.76. The van der Waals surface area contributed by atoms with Gasteiger partial charge in [-0.15, -0.1) is 0 Å². The van der Waals surface area contributed by atoms with Gasteiger partial charge in [-0.3, -0.25) is 0 Å². The van der Waals surface area contributed by atoms with Crippen LogP contribution in [0.15, 0.2) is 0 Å². The molecule has 0 saturated carbocycles. The Bertz CT molecular complexity index is 19.1. The minimum atomic E-state index is 0. The van der Waals surface area contributed by atoms with Crippen LogP contribution in [-0.4, -0.2) is 37.1 Å². The van der Waals surface area contributed by atoms with Crippen molar-refractivity contribution in [3.05, 3.63) is 0 Å². The van der Waals surface area contributed by atoms with Gasteiger partial charge in [0.2, 0.25) is 0 Å². The molecule has 1 aliphatic rings. The molecule has 0 bridgehead atoms. The van der Waals surface area contributed by atoms with E-state index in [0.29, 0.717) is 0 Å². The number of hydrogen-bond donors (Lipinski definition) is 0. The summed E-state index contributed by atoms with van der Waals surface area (Å²) in [6.45, 7) is 2.00. The van der Waals surface area contributed by atoms with Crippen LogP contribution in [0.2, 0.25) is 0 Å².